The number of fused-ring (bicyclic) bond motifs is 1. The lowest BCUT2D eigenvalue weighted by Crippen LogP contribution is -2.31. The Labute approximate surface area is 112 Å². The summed E-state index contributed by atoms with van der Waals surface area (Å²) in [6, 6.07) is 7.94. The lowest BCUT2D eigenvalue weighted by atomic mass is 10.0. The number of carbonyl (C=O) groups excluding carboxylic acids is 1. The minimum atomic E-state index is 0.192. The lowest BCUT2D eigenvalue weighted by Gasteiger charge is -2.17. The summed E-state index contributed by atoms with van der Waals surface area (Å²) in [6.45, 7) is 3.97. The average Bonchev–Trinajstić information content (AvgIpc) is 2.99. The van der Waals surface area contributed by atoms with Crippen LogP contribution in [0.2, 0.25) is 0 Å². The maximum absolute atomic E-state index is 12.4. The van der Waals surface area contributed by atoms with Gasteiger partial charge in [-0.2, -0.15) is 0 Å². The molecule has 2 aliphatic rings. The van der Waals surface area contributed by atoms with Crippen molar-refractivity contribution in [3.63, 3.8) is 0 Å². The molecule has 0 bridgehead atoms. The van der Waals surface area contributed by atoms with E-state index in [0.29, 0.717) is 11.8 Å². The molecule has 1 N–H and O–H groups in total. The normalized spacial score (nSPS) is 26.4. The van der Waals surface area contributed by atoms with Crippen LogP contribution >= 0.6 is 11.8 Å². The van der Waals surface area contributed by atoms with Crippen molar-refractivity contribution >= 4 is 17.7 Å². The number of likely N-dealkylation sites (tertiary alicyclic amines) is 1. The number of hydrogen-bond donors (Lipinski definition) is 1. The molecule has 0 aliphatic carbocycles. The van der Waals surface area contributed by atoms with Crippen LogP contribution in [0.15, 0.2) is 29.2 Å². The number of nitrogens with zero attached hydrogens (tertiary/aromatic N) is 1. The van der Waals surface area contributed by atoms with Gasteiger partial charge in [-0.3, -0.25) is 4.79 Å². The summed E-state index contributed by atoms with van der Waals surface area (Å²) in [7, 11) is 0. The van der Waals surface area contributed by atoms with Crippen molar-refractivity contribution in [2.45, 2.75) is 4.90 Å². The first kappa shape index (κ1) is 12.1. The highest BCUT2D eigenvalue weighted by Gasteiger charge is 2.38. The van der Waals surface area contributed by atoms with Gasteiger partial charge in [0.15, 0.2) is 0 Å². The molecule has 1 aromatic carbocycles. The van der Waals surface area contributed by atoms with Crippen LogP contribution < -0.4 is 5.32 Å². The van der Waals surface area contributed by atoms with E-state index in [9.17, 15) is 4.79 Å². The smallest absolute Gasteiger partial charge is 0.253 e. The minimum Gasteiger partial charge on any atom is -0.338 e. The maximum Gasteiger partial charge on any atom is 0.253 e. The van der Waals surface area contributed by atoms with Crippen molar-refractivity contribution in [2.24, 2.45) is 11.8 Å². The van der Waals surface area contributed by atoms with E-state index in [1.807, 2.05) is 35.4 Å². The van der Waals surface area contributed by atoms with Crippen molar-refractivity contribution in [3.8, 4) is 0 Å². The second-order valence-electron chi connectivity index (χ2n) is 5.12. The lowest BCUT2D eigenvalue weighted by molar-refractivity contribution is 0.0781. The number of nitrogens with one attached hydrogen (secondary N) is 1. The minimum absolute atomic E-state index is 0.192. The Hall–Kier alpha value is -1.00. The van der Waals surface area contributed by atoms with Crippen molar-refractivity contribution in [2.75, 3.05) is 32.4 Å². The van der Waals surface area contributed by atoms with E-state index in [1.54, 1.807) is 11.8 Å². The van der Waals surface area contributed by atoms with Gasteiger partial charge < -0.3 is 10.2 Å². The molecule has 96 valence electrons. The largest absolute Gasteiger partial charge is 0.338 e. The number of benzene rings is 1. The molecule has 0 saturated carbocycles. The van der Waals surface area contributed by atoms with Gasteiger partial charge in [0.2, 0.25) is 0 Å². The van der Waals surface area contributed by atoms with E-state index in [0.717, 1.165) is 31.7 Å². The highest BCUT2D eigenvalue weighted by molar-refractivity contribution is 7.98. The molecular weight excluding hydrogens is 244 g/mol. The Kier molecular flexibility index (Phi) is 3.31. The molecular formula is C14H18N2OS. The molecule has 3 rings (SSSR count). The zero-order chi connectivity index (χ0) is 12.5. The molecule has 2 fully saturated rings. The summed E-state index contributed by atoms with van der Waals surface area (Å²) >= 11 is 1.70. The molecule has 1 amide bonds. The van der Waals surface area contributed by atoms with Gasteiger partial charge in [0.25, 0.3) is 5.91 Å². The quantitative estimate of drug-likeness (QED) is 0.823. The third-order valence-corrected chi connectivity index (χ3v) is 4.76. The van der Waals surface area contributed by atoms with E-state index in [2.05, 4.69) is 5.32 Å². The molecule has 2 atom stereocenters. The molecule has 0 aromatic heterocycles. The van der Waals surface area contributed by atoms with Crippen LogP contribution in [0.25, 0.3) is 0 Å². The van der Waals surface area contributed by atoms with Crippen molar-refractivity contribution in [3.05, 3.63) is 29.8 Å². The molecule has 18 heavy (non-hydrogen) atoms. The summed E-state index contributed by atoms with van der Waals surface area (Å²) in [5, 5.41) is 3.40. The number of amides is 1. The fraction of sp³-hybridized carbons (Fsp3) is 0.500. The van der Waals surface area contributed by atoms with Crippen molar-refractivity contribution in [1.82, 2.24) is 10.2 Å². The third kappa shape index (κ3) is 2.15. The van der Waals surface area contributed by atoms with E-state index in [-0.39, 0.29) is 5.91 Å². The molecule has 0 radical (unpaired) electrons. The molecule has 2 aliphatic heterocycles. The number of carbonyl (C=O) groups is 1. The molecule has 2 heterocycles. The predicted octanol–water partition coefficient (Wildman–Crippen LogP) is 1.70. The Balaban J connectivity index is 1.70. The van der Waals surface area contributed by atoms with Gasteiger partial charge in [-0.05, 0) is 42.4 Å². The Morgan fingerprint density at radius 3 is 2.39 bits per heavy atom. The fourth-order valence-electron chi connectivity index (χ4n) is 2.94. The summed E-state index contributed by atoms with van der Waals surface area (Å²) in [6.07, 6.45) is 2.05. The number of thioether (sulfide) groups is 1. The summed E-state index contributed by atoms with van der Waals surface area (Å²) in [4.78, 5) is 15.6. The van der Waals surface area contributed by atoms with E-state index >= 15 is 0 Å². The average molecular weight is 262 g/mol. The first-order valence-corrected chi connectivity index (χ1v) is 7.64. The van der Waals surface area contributed by atoms with Crippen molar-refractivity contribution < 1.29 is 4.79 Å². The first-order valence-electron chi connectivity index (χ1n) is 6.42. The number of rotatable bonds is 2. The highest BCUT2D eigenvalue weighted by Crippen LogP contribution is 2.27. The Morgan fingerprint density at radius 1 is 1.22 bits per heavy atom. The summed E-state index contributed by atoms with van der Waals surface area (Å²) in [5.41, 5.74) is 0.820. The van der Waals surface area contributed by atoms with Crippen molar-refractivity contribution in [1.29, 1.82) is 0 Å². The van der Waals surface area contributed by atoms with Gasteiger partial charge in [0.05, 0.1) is 0 Å². The highest BCUT2D eigenvalue weighted by atomic mass is 32.2. The molecule has 0 spiro atoms. The maximum atomic E-state index is 12.4. The van der Waals surface area contributed by atoms with Crippen LogP contribution in [0, 0.1) is 11.8 Å². The molecule has 2 unspecified atom stereocenters. The predicted molar refractivity (Wildman–Crippen MR) is 74.0 cm³/mol. The Bertz CT molecular complexity index is 434. The fourth-order valence-corrected chi connectivity index (χ4v) is 3.35. The van der Waals surface area contributed by atoms with E-state index in [4.69, 9.17) is 0 Å². The number of hydrogen-bond acceptors (Lipinski definition) is 3. The summed E-state index contributed by atoms with van der Waals surface area (Å²) < 4.78 is 0. The van der Waals surface area contributed by atoms with Gasteiger partial charge >= 0.3 is 0 Å². The zero-order valence-corrected chi connectivity index (χ0v) is 11.4. The van der Waals surface area contributed by atoms with Crippen LogP contribution in [0.5, 0.6) is 0 Å². The van der Waals surface area contributed by atoms with Crippen LogP contribution in [-0.4, -0.2) is 43.2 Å². The van der Waals surface area contributed by atoms with Gasteiger partial charge in [-0.15, -0.1) is 11.8 Å². The van der Waals surface area contributed by atoms with E-state index < -0.39 is 0 Å². The van der Waals surface area contributed by atoms with Crippen LogP contribution in [-0.2, 0) is 0 Å². The van der Waals surface area contributed by atoms with Crippen LogP contribution in [0.4, 0.5) is 0 Å². The zero-order valence-electron chi connectivity index (χ0n) is 10.6. The van der Waals surface area contributed by atoms with Gasteiger partial charge in [0, 0.05) is 36.6 Å². The second-order valence-corrected chi connectivity index (χ2v) is 6.00. The molecule has 3 nitrogen and oxygen atoms in total. The topological polar surface area (TPSA) is 32.3 Å². The molecule has 2 saturated heterocycles. The SMILES string of the molecule is CSc1ccc(C(=O)N2CC3CNCC3C2)cc1. The van der Waals surface area contributed by atoms with Crippen LogP contribution in [0.1, 0.15) is 10.4 Å². The monoisotopic (exact) mass is 262 g/mol. The van der Waals surface area contributed by atoms with Crippen LogP contribution in [0.3, 0.4) is 0 Å². The summed E-state index contributed by atoms with van der Waals surface area (Å²) in [5.74, 6) is 1.52. The first-order chi connectivity index (χ1) is 8.78. The molecule has 1 aromatic rings. The van der Waals surface area contributed by atoms with Gasteiger partial charge in [-0.25, -0.2) is 0 Å². The van der Waals surface area contributed by atoms with Gasteiger partial charge in [-0.1, -0.05) is 0 Å². The second kappa shape index (κ2) is 4.94. The third-order valence-electron chi connectivity index (χ3n) is 4.01. The molecule has 4 heteroatoms. The van der Waals surface area contributed by atoms with Gasteiger partial charge in [0.1, 0.15) is 0 Å². The standard InChI is InChI=1S/C14H18N2OS/c1-18-13-4-2-10(3-5-13)14(17)16-8-11-6-15-7-12(11)9-16/h2-5,11-12,15H,6-9H2,1H3. The van der Waals surface area contributed by atoms with E-state index in [1.165, 1.54) is 4.90 Å². The Morgan fingerprint density at radius 2 is 1.83 bits per heavy atom.